The number of nitrogens with zero attached hydrogens (tertiary/aromatic N) is 7. The Bertz CT molecular complexity index is 4720. The number of anilines is 4. The van der Waals surface area contributed by atoms with E-state index in [0.717, 1.165) is 51.3 Å². The highest BCUT2D eigenvalue weighted by atomic mass is 32.1. The molecule has 1 spiro atoms. The number of fused-ring (bicyclic) bond motifs is 9. The van der Waals surface area contributed by atoms with Crippen LogP contribution in [0.2, 0.25) is 0 Å². The van der Waals surface area contributed by atoms with Gasteiger partial charge in [-0.05, 0) is 109 Å². The highest BCUT2D eigenvalue weighted by Gasteiger charge is 2.58. The molecule has 6 atom stereocenters. The third-order valence-corrected chi connectivity index (χ3v) is 20.8. The van der Waals surface area contributed by atoms with E-state index in [0.29, 0.717) is 83.3 Å². The van der Waals surface area contributed by atoms with E-state index in [4.69, 9.17) is 23.7 Å². The van der Waals surface area contributed by atoms with Gasteiger partial charge >= 0.3 is 6.09 Å². The van der Waals surface area contributed by atoms with Gasteiger partial charge in [0.2, 0.25) is 35.4 Å². The Morgan fingerprint density at radius 2 is 1.39 bits per heavy atom. The Labute approximate surface area is 634 Å². The summed E-state index contributed by atoms with van der Waals surface area (Å²) >= 11 is 4.63. The average molecular weight is 1510 g/mol. The Morgan fingerprint density at radius 1 is 0.716 bits per heavy atom. The minimum absolute atomic E-state index is 0.0507. The first-order valence-corrected chi connectivity index (χ1v) is 36.8. The van der Waals surface area contributed by atoms with Gasteiger partial charge in [0.1, 0.15) is 24.4 Å². The third-order valence-electron chi connectivity index (χ3n) is 20.6. The van der Waals surface area contributed by atoms with Crippen molar-refractivity contribution in [3.8, 4) is 45.5 Å². The summed E-state index contributed by atoms with van der Waals surface area (Å²) < 4.78 is 31.6. The first kappa shape index (κ1) is 75.7. The molecule has 29 nitrogen and oxygen atoms in total. The molecule has 13 rings (SSSR count). The van der Waals surface area contributed by atoms with E-state index in [-0.39, 0.29) is 103 Å². The Kier molecular flexibility index (Phi) is 22.6. The molecule has 0 bridgehead atoms. The lowest BCUT2D eigenvalue weighted by molar-refractivity contribution is -0.132. The normalized spacial score (nSPS) is 17.8. The van der Waals surface area contributed by atoms with Crippen molar-refractivity contribution < 1.29 is 77.0 Å². The minimum atomic E-state index is -1.51. The summed E-state index contributed by atoms with van der Waals surface area (Å²) in [5.41, 5.74) is 8.97. The Morgan fingerprint density at radius 3 is 2.08 bits per heavy atom. The summed E-state index contributed by atoms with van der Waals surface area (Å²) in [6.07, 6.45) is 2.24. The molecule has 2 fully saturated rings. The molecule has 109 heavy (non-hydrogen) atoms. The van der Waals surface area contributed by atoms with Crippen molar-refractivity contribution in [2.45, 2.75) is 128 Å². The fraction of sp³-hybridized carbons (Fsp3) is 0.380. The van der Waals surface area contributed by atoms with Crippen molar-refractivity contribution in [2.24, 2.45) is 11.3 Å². The highest BCUT2D eigenvalue weighted by molar-refractivity contribution is 7.80. The Balaban J connectivity index is 0.569. The molecular formula is C79H87N13O16S. The molecule has 0 radical (unpaired) electrons. The van der Waals surface area contributed by atoms with Crippen molar-refractivity contribution in [1.29, 1.82) is 0 Å². The SMILES string of the molecule is COc1cc2c(cc1OCCCOc1cc3c(cc1OC)C(=O)N1CC4(CC4)C[C@H]1C(O)N3C(=O)OCc1ccc(NC(=O)[C@H](C)NC(=O)[C@@H](NC(=O)CNC(=O)CNC(=O)CCC(=O)N3Cc4ccccc4-c4c(nnn4C(C)S)-c4ccccc43)C(C)C)cc1)NC[C@@H]1CC(c3ccc(CO)cc3)=CN1C2=O. The molecule has 8 N–H and O–H groups in total. The summed E-state index contributed by atoms with van der Waals surface area (Å²) in [7, 11) is 2.93. The van der Waals surface area contributed by atoms with Gasteiger partial charge in [-0.3, -0.25) is 38.4 Å². The van der Waals surface area contributed by atoms with Crippen LogP contribution in [0.4, 0.5) is 27.5 Å². The van der Waals surface area contributed by atoms with Crippen molar-refractivity contribution >= 4 is 94.3 Å². The van der Waals surface area contributed by atoms with Gasteiger partial charge in [0, 0.05) is 67.5 Å². The second kappa shape index (κ2) is 32.5. The van der Waals surface area contributed by atoms with Crippen molar-refractivity contribution in [3.63, 3.8) is 0 Å². The number of carbonyl (C=O) groups excluding carboxylic acids is 9. The zero-order valence-corrected chi connectivity index (χ0v) is 62.1. The number of methoxy groups -OCH3 is 2. The van der Waals surface area contributed by atoms with Crippen LogP contribution in [0.1, 0.15) is 121 Å². The number of aliphatic hydroxyl groups excluding tert-OH is 2. The molecule has 570 valence electrons. The van der Waals surface area contributed by atoms with Crippen LogP contribution in [-0.2, 0) is 53.3 Å². The van der Waals surface area contributed by atoms with Crippen LogP contribution in [0.3, 0.4) is 0 Å². The maximum absolute atomic E-state index is 14.5. The summed E-state index contributed by atoms with van der Waals surface area (Å²) in [6.45, 7) is 6.70. The molecule has 1 aliphatic carbocycles. The van der Waals surface area contributed by atoms with Gasteiger partial charge in [-0.2, -0.15) is 12.6 Å². The second-order valence-corrected chi connectivity index (χ2v) is 29.1. The van der Waals surface area contributed by atoms with Crippen LogP contribution in [0.25, 0.3) is 28.1 Å². The highest BCUT2D eigenvalue weighted by Crippen LogP contribution is 2.57. The minimum Gasteiger partial charge on any atom is -0.493 e. The van der Waals surface area contributed by atoms with E-state index in [9.17, 15) is 53.4 Å². The summed E-state index contributed by atoms with van der Waals surface area (Å²) in [5.74, 6) is -3.46. The zero-order valence-electron chi connectivity index (χ0n) is 61.2. The van der Waals surface area contributed by atoms with Crippen LogP contribution in [0, 0.1) is 11.3 Å². The van der Waals surface area contributed by atoms with Crippen LogP contribution in [-0.4, -0.2) is 172 Å². The molecule has 7 aromatic rings. The molecule has 9 amide bonds. The monoisotopic (exact) mass is 1510 g/mol. The number of carbonyl (C=O) groups is 9. The van der Waals surface area contributed by atoms with Gasteiger partial charge in [0.15, 0.2) is 29.2 Å². The van der Waals surface area contributed by atoms with E-state index < -0.39 is 79.0 Å². The number of aliphatic hydroxyl groups is 2. The fourth-order valence-electron chi connectivity index (χ4n) is 14.4. The molecule has 6 heterocycles. The number of hydrogen-bond acceptors (Lipinski definition) is 20. The lowest BCUT2D eigenvalue weighted by atomic mass is 9.95. The van der Waals surface area contributed by atoms with E-state index in [1.165, 1.54) is 33.3 Å². The lowest BCUT2D eigenvalue weighted by Gasteiger charge is -2.31. The maximum atomic E-state index is 14.5. The van der Waals surface area contributed by atoms with Gasteiger partial charge in [-0.1, -0.05) is 97.9 Å². The summed E-state index contributed by atoms with van der Waals surface area (Å²) in [4.78, 5) is 129. The number of hydrogen-bond donors (Lipinski definition) is 9. The second-order valence-electron chi connectivity index (χ2n) is 28.4. The molecule has 1 aromatic heterocycles. The van der Waals surface area contributed by atoms with Crippen LogP contribution in [0.5, 0.6) is 23.0 Å². The molecule has 1 saturated heterocycles. The van der Waals surface area contributed by atoms with Gasteiger partial charge < -0.3 is 80.5 Å². The number of thiol groups is 1. The molecule has 30 heteroatoms. The Hall–Kier alpha value is -11.5. The smallest absolute Gasteiger partial charge is 0.416 e. The van der Waals surface area contributed by atoms with Crippen LogP contribution < -0.4 is 60.6 Å². The molecule has 6 aromatic carbocycles. The van der Waals surface area contributed by atoms with Crippen LogP contribution in [0.15, 0.2) is 128 Å². The molecule has 1 saturated carbocycles. The van der Waals surface area contributed by atoms with Crippen LogP contribution >= 0.6 is 12.6 Å². The first-order valence-electron chi connectivity index (χ1n) is 36.3. The third kappa shape index (κ3) is 16.4. The molecule has 2 unspecified atom stereocenters. The number of nitrogens with one attached hydrogen (secondary N) is 6. The van der Waals surface area contributed by atoms with E-state index in [2.05, 4.69) is 54.8 Å². The van der Waals surface area contributed by atoms with E-state index in [1.54, 1.807) is 69.6 Å². The number of benzene rings is 6. The van der Waals surface area contributed by atoms with Gasteiger partial charge in [-0.25, -0.2) is 14.4 Å². The van der Waals surface area contributed by atoms with Crippen molar-refractivity contribution in [3.05, 3.63) is 161 Å². The number of rotatable bonds is 26. The summed E-state index contributed by atoms with van der Waals surface area (Å²) in [5, 5.41) is 46.7. The topological polar surface area (TPSA) is 356 Å². The number of para-hydroxylation sites is 1. The number of aromatic nitrogens is 3. The van der Waals surface area contributed by atoms with Crippen molar-refractivity contribution in [1.82, 2.24) is 46.1 Å². The standard InChI is InChI=1S/C79H87N13O16S/c1-44(2)70(85-68(96)38-82-67(95)37-81-66(94)24-25-69(97)89-39-50-12-7-8-13-54(50)72-71(86-87-92(72)46(4)109)55-14-9-10-15-59(55)89)74(99)83-45(3)73(98)84-52-22-18-48(19-23-52)42-108-78(103)91-60-34-65(63(105-6)32-57(60)76(101)90-43-79(26-27-79)35-61(90)77(91)102)107-29-11-28-106-64-33-58-56(31-62(64)104-5)75(100)88-40-51(30-53(88)36-80-58)49-20-16-47(41-93)17-21-49/h7-10,12-23,31-34,40,44-46,53,61,70,77,80,93,102,109H,11,24-30,35-39,41-43H2,1-6H3,(H,81,94)(H,82,95)(H,83,99)(H,84,98)(H,85,96)/t45-,46?,53-,61-,70-,77?/m0/s1. The maximum Gasteiger partial charge on any atom is 0.416 e. The number of amides is 9. The fourth-order valence-corrected chi connectivity index (χ4v) is 14.6. The predicted molar refractivity (Wildman–Crippen MR) is 405 cm³/mol. The largest absolute Gasteiger partial charge is 0.493 e. The zero-order chi connectivity index (χ0) is 76.9. The summed E-state index contributed by atoms with van der Waals surface area (Å²) in [6, 6.07) is 32.3. The van der Waals surface area contributed by atoms with Gasteiger partial charge in [0.05, 0.1) is 105 Å². The molecular weight excluding hydrogens is 1420 g/mol. The number of ether oxygens (including phenoxy) is 5. The van der Waals surface area contributed by atoms with Gasteiger partial charge in [0.25, 0.3) is 11.8 Å². The predicted octanol–water partition coefficient (Wildman–Crippen LogP) is 7.71. The lowest BCUT2D eigenvalue weighted by Crippen LogP contribution is -2.55. The molecule has 6 aliphatic rings. The van der Waals surface area contributed by atoms with E-state index >= 15 is 0 Å². The van der Waals surface area contributed by atoms with Crippen molar-refractivity contribution in [2.75, 3.05) is 74.0 Å². The first-order chi connectivity index (χ1) is 52.5. The average Bonchev–Trinajstić information content (AvgIpc) is 1.57. The van der Waals surface area contributed by atoms with Gasteiger partial charge in [-0.15, -0.1) is 5.10 Å². The quantitative estimate of drug-likeness (QED) is 0.0185. The van der Waals surface area contributed by atoms with E-state index in [1.807, 2.05) is 85.9 Å². The molecule has 5 aliphatic heterocycles.